The van der Waals surface area contributed by atoms with Crippen molar-refractivity contribution in [1.82, 2.24) is 14.8 Å². The van der Waals surface area contributed by atoms with Crippen LogP contribution in [0.4, 0.5) is 5.69 Å². The number of hydrogen-bond acceptors (Lipinski definition) is 3. The van der Waals surface area contributed by atoms with Crippen molar-refractivity contribution in [2.24, 2.45) is 0 Å². The van der Waals surface area contributed by atoms with Crippen molar-refractivity contribution in [3.05, 3.63) is 48.4 Å². The van der Waals surface area contributed by atoms with Crippen LogP contribution in [0, 0.1) is 0 Å². The van der Waals surface area contributed by atoms with E-state index in [0.717, 1.165) is 16.5 Å². The van der Waals surface area contributed by atoms with Gasteiger partial charge in [-0.15, -0.1) is 0 Å². The zero-order valence-electron chi connectivity index (χ0n) is 9.63. The van der Waals surface area contributed by atoms with Crippen LogP contribution in [0.25, 0.3) is 10.9 Å². The minimum absolute atomic E-state index is 0.0958. The van der Waals surface area contributed by atoms with Gasteiger partial charge in [0.25, 0.3) is 5.91 Å². The summed E-state index contributed by atoms with van der Waals surface area (Å²) in [5.41, 5.74) is 8.04. The molecule has 0 spiro atoms. The van der Waals surface area contributed by atoms with E-state index in [1.807, 2.05) is 30.5 Å². The fraction of sp³-hybridized carbons (Fsp3) is 0.0769. The molecule has 3 N–H and O–H groups in total. The van der Waals surface area contributed by atoms with Gasteiger partial charge >= 0.3 is 0 Å². The summed E-state index contributed by atoms with van der Waals surface area (Å²) in [6.07, 6.45) is 5.18. The summed E-state index contributed by atoms with van der Waals surface area (Å²) in [4.78, 5) is 15.1. The summed E-state index contributed by atoms with van der Waals surface area (Å²) in [7, 11) is 0. The standard InChI is InChI=1S/C13H12N4O/c14-11-7-16-17(8-11)13(18)6-9-1-2-12-10(5-9)3-4-15-12/h1-5,7-8,15H,6,14H2. The maximum atomic E-state index is 11.9. The lowest BCUT2D eigenvalue weighted by molar-refractivity contribution is 0.0898. The SMILES string of the molecule is Nc1cnn(C(=O)Cc2ccc3[nH]ccc3c2)c1. The molecule has 90 valence electrons. The van der Waals surface area contributed by atoms with E-state index in [-0.39, 0.29) is 5.91 Å². The second-order valence-corrected chi connectivity index (χ2v) is 4.19. The van der Waals surface area contributed by atoms with Crippen molar-refractivity contribution in [3.63, 3.8) is 0 Å². The summed E-state index contributed by atoms with van der Waals surface area (Å²) >= 11 is 0. The van der Waals surface area contributed by atoms with Gasteiger partial charge in [0.1, 0.15) is 0 Å². The third-order valence-electron chi connectivity index (χ3n) is 2.83. The van der Waals surface area contributed by atoms with Crippen molar-refractivity contribution in [2.45, 2.75) is 6.42 Å². The molecule has 18 heavy (non-hydrogen) atoms. The summed E-state index contributed by atoms with van der Waals surface area (Å²) in [5, 5.41) is 5.00. The van der Waals surface area contributed by atoms with Gasteiger partial charge in [0, 0.05) is 11.7 Å². The number of aromatic nitrogens is 3. The lowest BCUT2D eigenvalue weighted by Crippen LogP contribution is -2.13. The number of anilines is 1. The minimum atomic E-state index is -0.0958. The highest BCUT2D eigenvalue weighted by Crippen LogP contribution is 2.15. The largest absolute Gasteiger partial charge is 0.396 e. The van der Waals surface area contributed by atoms with Crippen LogP contribution >= 0.6 is 0 Å². The van der Waals surface area contributed by atoms with Gasteiger partial charge in [-0.2, -0.15) is 5.10 Å². The number of benzene rings is 1. The third kappa shape index (κ3) is 1.86. The number of nitrogens with zero attached hydrogens (tertiary/aromatic N) is 2. The van der Waals surface area contributed by atoms with E-state index in [9.17, 15) is 4.79 Å². The Hall–Kier alpha value is -2.56. The Labute approximate surface area is 103 Å². The van der Waals surface area contributed by atoms with Crippen LogP contribution in [0.3, 0.4) is 0 Å². The number of hydrogen-bond donors (Lipinski definition) is 2. The van der Waals surface area contributed by atoms with Crippen molar-refractivity contribution in [3.8, 4) is 0 Å². The molecule has 0 saturated heterocycles. The molecule has 5 heteroatoms. The van der Waals surface area contributed by atoms with Crippen LogP contribution in [0.15, 0.2) is 42.9 Å². The Kier molecular flexibility index (Phi) is 2.37. The van der Waals surface area contributed by atoms with Crippen LogP contribution < -0.4 is 5.73 Å². The van der Waals surface area contributed by atoms with E-state index >= 15 is 0 Å². The van der Waals surface area contributed by atoms with Gasteiger partial charge in [-0.1, -0.05) is 6.07 Å². The number of carbonyl (C=O) groups excluding carboxylic acids is 1. The molecule has 0 aliphatic heterocycles. The monoisotopic (exact) mass is 240 g/mol. The van der Waals surface area contributed by atoms with E-state index in [4.69, 9.17) is 5.73 Å². The van der Waals surface area contributed by atoms with Gasteiger partial charge in [0.2, 0.25) is 0 Å². The fourth-order valence-corrected chi connectivity index (χ4v) is 1.94. The van der Waals surface area contributed by atoms with Crippen LogP contribution in [0.2, 0.25) is 0 Å². The van der Waals surface area contributed by atoms with Crippen molar-refractivity contribution in [1.29, 1.82) is 0 Å². The average molecular weight is 240 g/mol. The molecule has 2 aromatic heterocycles. The number of rotatable bonds is 2. The second-order valence-electron chi connectivity index (χ2n) is 4.19. The Morgan fingerprint density at radius 3 is 3.06 bits per heavy atom. The highest BCUT2D eigenvalue weighted by molar-refractivity contribution is 5.84. The lowest BCUT2D eigenvalue weighted by atomic mass is 10.1. The number of fused-ring (bicyclic) bond motifs is 1. The lowest BCUT2D eigenvalue weighted by Gasteiger charge is -2.01. The van der Waals surface area contributed by atoms with E-state index in [1.165, 1.54) is 17.1 Å². The molecular weight excluding hydrogens is 228 g/mol. The summed E-state index contributed by atoms with van der Waals surface area (Å²) < 4.78 is 1.27. The molecular formula is C13H12N4O. The van der Waals surface area contributed by atoms with Crippen molar-refractivity contribution in [2.75, 3.05) is 5.73 Å². The Balaban J connectivity index is 1.85. The maximum Gasteiger partial charge on any atom is 0.251 e. The molecule has 0 radical (unpaired) electrons. The quantitative estimate of drug-likeness (QED) is 0.717. The molecule has 0 amide bonds. The average Bonchev–Trinajstić information content (AvgIpc) is 2.96. The number of nitrogen functional groups attached to an aromatic ring is 1. The molecule has 0 fully saturated rings. The van der Waals surface area contributed by atoms with E-state index in [2.05, 4.69) is 10.1 Å². The minimum Gasteiger partial charge on any atom is -0.396 e. The molecule has 2 heterocycles. The molecule has 0 saturated carbocycles. The second kappa shape index (κ2) is 4.03. The molecule has 0 aliphatic rings. The highest BCUT2D eigenvalue weighted by atomic mass is 16.2. The smallest absolute Gasteiger partial charge is 0.251 e. The predicted octanol–water partition coefficient (Wildman–Crippen LogP) is 1.83. The normalized spacial score (nSPS) is 10.9. The van der Waals surface area contributed by atoms with E-state index in [1.54, 1.807) is 0 Å². The van der Waals surface area contributed by atoms with Gasteiger partial charge < -0.3 is 10.7 Å². The summed E-state index contributed by atoms with van der Waals surface area (Å²) in [6.45, 7) is 0. The van der Waals surface area contributed by atoms with Crippen LogP contribution in [-0.4, -0.2) is 20.7 Å². The summed E-state index contributed by atoms with van der Waals surface area (Å²) in [5.74, 6) is -0.0958. The Bertz CT molecular complexity index is 710. The molecule has 0 aliphatic carbocycles. The first-order valence-electron chi connectivity index (χ1n) is 5.62. The van der Waals surface area contributed by atoms with Crippen LogP contribution in [-0.2, 0) is 6.42 Å². The molecule has 0 atom stereocenters. The number of carbonyl (C=O) groups is 1. The number of nitrogens with one attached hydrogen (secondary N) is 1. The molecule has 0 bridgehead atoms. The molecule has 0 unspecified atom stereocenters. The molecule has 3 rings (SSSR count). The fourth-order valence-electron chi connectivity index (χ4n) is 1.94. The van der Waals surface area contributed by atoms with E-state index < -0.39 is 0 Å². The first-order valence-corrected chi connectivity index (χ1v) is 5.62. The number of nitrogens with two attached hydrogens (primary N) is 1. The molecule has 3 aromatic rings. The third-order valence-corrected chi connectivity index (χ3v) is 2.83. The van der Waals surface area contributed by atoms with Crippen LogP contribution in [0.5, 0.6) is 0 Å². The predicted molar refractivity (Wildman–Crippen MR) is 69.3 cm³/mol. The van der Waals surface area contributed by atoms with E-state index in [0.29, 0.717) is 12.1 Å². The Morgan fingerprint density at radius 1 is 1.39 bits per heavy atom. The van der Waals surface area contributed by atoms with Gasteiger partial charge in [0.05, 0.1) is 24.5 Å². The first kappa shape index (κ1) is 10.6. The van der Waals surface area contributed by atoms with Gasteiger partial charge in [-0.3, -0.25) is 4.79 Å². The topological polar surface area (TPSA) is 76.7 Å². The van der Waals surface area contributed by atoms with Crippen molar-refractivity contribution >= 4 is 22.5 Å². The summed E-state index contributed by atoms with van der Waals surface area (Å²) in [6, 6.07) is 7.88. The van der Waals surface area contributed by atoms with Gasteiger partial charge in [-0.25, -0.2) is 4.68 Å². The number of H-pyrrole nitrogens is 1. The van der Waals surface area contributed by atoms with Gasteiger partial charge in [0.15, 0.2) is 0 Å². The Morgan fingerprint density at radius 2 is 2.28 bits per heavy atom. The van der Waals surface area contributed by atoms with Crippen LogP contribution in [0.1, 0.15) is 10.4 Å². The van der Waals surface area contributed by atoms with Gasteiger partial charge in [-0.05, 0) is 29.1 Å². The number of aromatic amines is 1. The maximum absolute atomic E-state index is 11.9. The zero-order valence-corrected chi connectivity index (χ0v) is 9.63. The first-order chi connectivity index (χ1) is 8.72. The van der Waals surface area contributed by atoms with Crippen molar-refractivity contribution < 1.29 is 4.79 Å². The highest BCUT2D eigenvalue weighted by Gasteiger charge is 2.08. The molecule has 5 nitrogen and oxygen atoms in total. The molecule has 1 aromatic carbocycles. The zero-order chi connectivity index (χ0) is 12.5.